The molecule has 0 heterocycles. The van der Waals surface area contributed by atoms with Gasteiger partial charge in [-0.25, -0.2) is 4.39 Å². The first-order chi connectivity index (χ1) is 11.1. The normalized spacial score (nSPS) is 13.2. The Bertz CT molecular complexity index is 633. The highest BCUT2D eigenvalue weighted by Gasteiger charge is 2.15. The van der Waals surface area contributed by atoms with Crippen molar-refractivity contribution in [2.75, 3.05) is 6.61 Å². The van der Waals surface area contributed by atoms with Gasteiger partial charge in [0.2, 0.25) is 0 Å². The highest BCUT2D eigenvalue weighted by Crippen LogP contribution is 2.18. The summed E-state index contributed by atoms with van der Waals surface area (Å²) in [4.78, 5) is 11.8. The van der Waals surface area contributed by atoms with E-state index in [1.807, 2.05) is 30.3 Å². The standard InChI is InChI=1S/C18H20FNO3/c1-13(11-16(21)14-7-3-2-4-8-14)20-18(22)12-23-17-10-6-5-9-15(17)19/h2-10,13,16,21H,11-12H2,1H3,(H,20,22). The summed E-state index contributed by atoms with van der Waals surface area (Å²) >= 11 is 0. The molecule has 2 aromatic carbocycles. The fraction of sp³-hybridized carbons (Fsp3) is 0.278. The maximum atomic E-state index is 13.4. The molecule has 0 aromatic heterocycles. The Labute approximate surface area is 134 Å². The van der Waals surface area contributed by atoms with Crippen LogP contribution in [0.3, 0.4) is 0 Å². The third-order valence-corrected chi connectivity index (χ3v) is 3.36. The molecule has 5 heteroatoms. The van der Waals surface area contributed by atoms with Crippen molar-refractivity contribution in [3.05, 3.63) is 66.0 Å². The van der Waals surface area contributed by atoms with Crippen molar-refractivity contribution in [2.24, 2.45) is 0 Å². The van der Waals surface area contributed by atoms with Crippen LogP contribution in [0.4, 0.5) is 4.39 Å². The van der Waals surface area contributed by atoms with Gasteiger partial charge in [0.25, 0.3) is 5.91 Å². The Morgan fingerprint density at radius 3 is 2.52 bits per heavy atom. The average Bonchev–Trinajstić information content (AvgIpc) is 2.54. The van der Waals surface area contributed by atoms with E-state index in [0.717, 1.165) is 5.56 Å². The molecule has 0 fully saturated rings. The molecular formula is C18H20FNO3. The molecule has 0 saturated heterocycles. The van der Waals surface area contributed by atoms with E-state index in [9.17, 15) is 14.3 Å². The molecule has 2 atom stereocenters. The molecule has 122 valence electrons. The Hall–Kier alpha value is -2.40. The second-order valence-corrected chi connectivity index (χ2v) is 5.35. The molecule has 2 unspecified atom stereocenters. The second-order valence-electron chi connectivity index (χ2n) is 5.35. The fourth-order valence-corrected chi connectivity index (χ4v) is 2.23. The topological polar surface area (TPSA) is 58.6 Å². The summed E-state index contributed by atoms with van der Waals surface area (Å²) < 4.78 is 18.5. The van der Waals surface area contributed by atoms with Crippen molar-refractivity contribution in [3.8, 4) is 5.75 Å². The molecule has 0 radical (unpaired) electrons. The molecule has 4 nitrogen and oxygen atoms in total. The number of ether oxygens (including phenoxy) is 1. The molecule has 2 aromatic rings. The molecule has 2 rings (SSSR count). The summed E-state index contributed by atoms with van der Waals surface area (Å²) in [5.74, 6) is -0.825. The minimum absolute atomic E-state index is 0.0413. The quantitative estimate of drug-likeness (QED) is 0.825. The second kappa shape index (κ2) is 8.29. The van der Waals surface area contributed by atoms with E-state index in [1.165, 1.54) is 12.1 Å². The van der Waals surface area contributed by atoms with Crippen LogP contribution in [0.15, 0.2) is 54.6 Å². The molecule has 0 bridgehead atoms. The number of hydrogen-bond donors (Lipinski definition) is 2. The highest BCUT2D eigenvalue weighted by atomic mass is 19.1. The first kappa shape index (κ1) is 17.0. The predicted octanol–water partition coefficient (Wildman–Crippen LogP) is 2.83. The number of carbonyl (C=O) groups is 1. The minimum atomic E-state index is -0.654. The van der Waals surface area contributed by atoms with Gasteiger partial charge < -0.3 is 15.2 Å². The van der Waals surface area contributed by atoms with Gasteiger partial charge in [0.05, 0.1) is 6.10 Å². The van der Waals surface area contributed by atoms with Crippen molar-refractivity contribution in [1.29, 1.82) is 0 Å². The average molecular weight is 317 g/mol. The van der Waals surface area contributed by atoms with Crippen LogP contribution in [-0.2, 0) is 4.79 Å². The Morgan fingerprint density at radius 1 is 1.17 bits per heavy atom. The summed E-state index contributed by atoms with van der Waals surface area (Å²) in [6.07, 6.45) is -0.269. The third-order valence-electron chi connectivity index (χ3n) is 3.36. The SMILES string of the molecule is CC(CC(O)c1ccccc1)NC(=O)COc1ccccc1F. The summed E-state index contributed by atoms with van der Waals surface area (Å²) in [5.41, 5.74) is 0.802. The maximum Gasteiger partial charge on any atom is 0.258 e. The molecule has 2 N–H and O–H groups in total. The van der Waals surface area contributed by atoms with E-state index in [1.54, 1.807) is 19.1 Å². The predicted molar refractivity (Wildman–Crippen MR) is 85.5 cm³/mol. The van der Waals surface area contributed by atoms with E-state index in [-0.39, 0.29) is 24.3 Å². The molecule has 0 aliphatic rings. The van der Waals surface area contributed by atoms with Crippen molar-refractivity contribution in [1.82, 2.24) is 5.32 Å². The van der Waals surface area contributed by atoms with Crippen molar-refractivity contribution >= 4 is 5.91 Å². The zero-order valence-corrected chi connectivity index (χ0v) is 12.9. The molecular weight excluding hydrogens is 297 g/mol. The molecule has 0 spiro atoms. The maximum absolute atomic E-state index is 13.4. The number of nitrogens with one attached hydrogen (secondary N) is 1. The van der Waals surface area contributed by atoms with Crippen molar-refractivity contribution in [2.45, 2.75) is 25.5 Å². The first-order valence-electron chi connectivity index (χ1n) is 7.46. The lowest BCUT2D eigenvalue weighted by Gasteiger charge is -2.18. The minimum Gasteiger partial charge on any atom is -0.481 e. The van der Waals surface area contributed by atoms with Gasteiger partial charge in [-0.3, -0.25) is 4.79 Å². The van der Waals surface area contributed by atoms with Crippen LogP contribution in [0.25, 0.3) is 0 Å². The van der Waals surface area contributed by atoms with Gasteiger partial charge in [-0.1, -0.05) is 42.5 Å². The van der Waals surface area contributed by atoms with E-state index in [4.69, 9.17) is 4.74 Å². The van der Waals surface area contributed by atoms with Crippen molar-refractivity contribution in [3.63, 3.8) is 0 Å². The van der Waals surface area contributed by atoms with Crippen LogP contribution in [0, 0.1) is 5.82 Å². The Balaban J connectivity index is 1.77. The number of halogens is 1. The molecule has 23 heavy (non-hydrogen) atoms. The largest absolute Gasteiger partial charge is 0.481 e. The van der Waals surface area contributed by atoms with Crippen LogP contribution < -0.4 is 10.1 Å². The first-order valence-corrected chi connectivity index (χ1v) is 7.46. The van der Waals surface area contributed by atoms with Gasteiger partial charge >= 0.3 is 0 Å². The number of aliphatic hydroxyl groups is 1. The van der Waals surface area contributed by atoms with E-state index in [2.05, 4.69) is 5.32 Å². The number of amides is 1. The lowest BCUT2D eigenvalue weighted by atomic mass is 10.0. The van der Waals surface area contributed by atoms with Gasteiger partial charge in [0.15, 0.2) is 18.2 Å². The smallest absolute Gasteiger partial charge is 0.258 e. The monoisotopic (exact) mass is 317 g/mol. The number of benzene rings is 2. The van der Waals surface area contributed by atoms with E-state index in [0.29, 0.717) is 6.42 Å². The van der Waals surface area contributed by atoms with E-state index >= 15 is 0 Å². The number of aliphatic hydroxyl groups excluding tert-OH is 1. The summed E-state index contributed by atoms with van der Waals surface area (Å²) in [5, 5.41) is 12.8. The molecule has 0 aliphatic carbocycles. The summed E-state index contributed by atoms with van der Waals surface area (Å²) in [7, 11) is 0. The summed E-state index contributed by atoms with van der Waals surface area (Å²) in [6.45, 7) is 1.53. The molecule has 1 amide bonds. The zero-order valence-electron chi connectivity index (χ0n) is 12.9. The third kappa shape index (κ3) is 5.38. The highest BCUT2D eigenvalue weighted by molar-refractivity contribution is 5.77. The lowest BCUT2D eigenvalue weighted by Crippen LogP contribution is -2.37. The van der Waals surface area contributed by atoms with Gasteiger partial charge in [0, 0.05) is 6.04 Å². The lowest BCUT2D eigenvalue weighted by molar-refractivity contribution is -0.123. The van der Waals surface area contributed by atoms with Gasteiger partial charge in [0.1, 0.15) is 0 Å². The van der Waals surface area contributed by atoms with E-state index < -0.39 is 11.9 Å². The number of para-hydroxylation sites is 1. The molecule has 0 aliphatic heterocycles. The van der Waals surface area contributed by atoms with Gasteiger partial charge in [-0.05, 0) is 31.0 Å². The summed E-state index contributed by atoms with van der Waals surface area (Å²) in [6, 6.07) is 14.9. The van der Waals surface area contributed by atoms with Crippen LogP contribution in [-0.4, -0.2) is 23.7 Å². The zero-order chi connectivity index (χ0) is 16.7. The van der Waals surface area contributed by atoms with Crippen LogP contribution in [0.5, 0.6) is 5.75 Å². The van der Waals surface area contributed by atoms with Crippen LogP contribution in [0.1, 0.15) is 25.0 Å². The number of carbonyl (C=O) groups excluding carboxylic acids is 1. The number of rotatable bonds is 7. The molecule has 0 saturated carbocycles. The Kier molecular flexibility index (Phi) is 6.11. The van der Waals surface area contributed by atoms with Crippen LogP contribution in [0.2, 0.25) is 0 Å². The van der Waals surface area contributed by atoms with Crippen LogP contribution >= 0.6 is 0 Å². The van der Waals surface area contributed by atoms with Crippen molar-refractivity contribution < 1.29 is 19.0 Å². The van der Waals surface area contributed by atoms with Gasteiger partial charge in [-0.2, -0.15) is 0 Å². The number of hydrogen-bond acceptors (Lipinski definition) is 3. The Morgan fingerprint density at radius 2 is 1.83 bits per heavy atom. The fourth-order valence-electron chi connectivity index (χ4n) is 2.23. The van der Waals surface area contributed by atoms with Gasteiger partial charge in [-0.15, -0.1) is 0 Å².